The number of hydrogen-bond donors (Lipinski definition) is 2. The minimum absolute atomic E-state index is 0.0363. The van der Waals surface area contributed by atoms with Gasteiger partial charge in [0, 0.05) is 38.3 Å². The first-order valence-electron chi connectivity index (χ1n) is 15.0. The van der Waals surface area contributed by atoms with Crippen LogP contribution in [-0.2, 0) is 16.0 Å². The molecular formula is C32H37FN6O6. The van der Waals surface area contributed by atoms with E-state index in [-0.39, 0.29) is 18.4 Å². The molecule has 1 unspecified atom stereocenters. The van der Waals surface area contributed by atoms with Gasteiger partial charge in [-0.15, -0.1) is 0 Å². The third-order valence-electron chi connectivity index (χ3n) is 8.06. The minimum atomic E-state index is -0.553. The number of nitrogens with one attached hydrogen (secondary N) is 1. The maximum atomic E-state index is 14.5. The topological polar surface area (TPSA) is 137 Å². The number of carboxylic acid groups (broad SMARTS) is 1. The zero-order valence-electron chi connectivity index (χ0n) is 25.3. The normalized spacial score (nSPS) is 19.0. The number of rotatable bonds is 7. The van der Waals surface area contributed by atoms with E-state index in [4.69, 9.17) is 24.4 Å². The fraction of sp³-hybridized carbons (Fsp3) is 0.406. The van der Waals surface area contributed by atoms with Crippen molar-refractivity contribution in [2.75, 3.05) is 56.2 Å². The molecule has 5 heterocycles. The molecule has 2 saturated heterocycles. The summed E-state index contributed by atoms with van der Waals surface area (Å²) in [5.41, 5.74) is 3.36. The number of halogens is 1. The number of fused-ring (bicyclic) bond motifs is 1. The van der Waals surface area contributed by atoms with Crippen LogP contribution in [0.15, 0.2) is 48.7 Å². The number of carbonyl (C=O) groups is 3. The molecule has 3 aromatic rings. The highest BCUT2D eigenvalue weighted by molar-refractivity contribution is 5.99. The first kappa shape index (κ1) is 31.6. The van der Waals surface area contributed by atoms with Gasteiger partial charge in [0.15, 0.2) is 5.69 Å². The van der Waals surface area contributed by atoms with E-state index in [0.717, 1.165) is 25.1 Å². The fourth-order valence-corrected chi connectivity index (χ4v) is 6.01. The zero-order valence-corrected chi connectivity index (χ0v) is 25.3. The Balaban J connectivity index is 0.00000128. The lowest BCUT2D eigenvalue weighted by molar-refractivity contribution is -0.122. The summed E-state index contributed by atoms with van der Waals surface area (Å²) in [7, 11) is 2.04. The number of ether oxygens (including phenoxy) is 2. The Labute approximate surface area is 260 Å². The Bertz CT molecular complexity index is 1540. The summed E-state index contributed by atoms with van der Waals surface area (Å²) in [5.74, 6) is -0.220. The molecule has 0 aliphatic carbocycles. The number of likely N-dealkylation sites (N-methyl/N-ethyl adjacent to an activating group) is 1. The van der Waals surface area contributed by atoms with E-state index >= 15 is 0 Å². The molecule has 1 aromatic carbocycles. The van der Waals surface area contributed by atoms with E-state index in [9.17, 15) is 14.0 Å². The van der Waals surface area contributed by atoms with Gasteiger partial charge in [-0.05, 0) is 69.3 Å². The van der Waals surface area contributed by atoms with E-state index < -0.39 is 18.0 Å². The smallest absolute Gasteiger partial charge is 0.414 e. The summed E-state index contributed by atoms with van der Waals surface area (Å²) in [6.07, 6.45) is 2.74. The van der Waals surface area contributed by atoms with Gasteiger partial charge in [0.2, 0.25) is 5.88 Å². The van der Waals surface area contributed by atoms with Crippen molar-refractivity contribution in [2.45, 2.75) is 38.3 Å². The number of benzene rings is 1. The molecule has 0 radical (unpaired) electrons. The number of hydrogen-bond acceptors (Lipinski definition) is 9. The highest BCUT2D eigenvalue weighted by Gasteiger charge is 2.34. The summed E-state index contributed by atoms with van der Waals surface area (Å²) in [5, 5.41) is 10.0. The molecular weight excluding hydrogens is 583 g/mol. The second kappa shape index (κ2) is 14.3. The number of nitrogens with zero attached hydrogens (tertiary/aromatic N) is 5. The van der Waals surface area contributed by atoms with Gasteiger partial charge in [0.25, 0.3) is 12.4 Å². The first-order chi connectivity index (χ1) is 21.8. The van der Waals surface area contributed by atoms with Gasteiger partial charge in [-0.3, -0.25) is 14.5 Å². The summed E-state index contributed by atoms with van der Waals surface area (Å²) in [4.78, 5) is 49.9. The number of likely N-dealkylation sites (tertiary alicyclic amines) is 1. The summed E-state index contributed by atoms with van der Waals surface area (Å²) >= 11 is 0. The molecule has 12 nitrogen and oxygen atoms in total. The molecule has 2 atom stereocenters. The van der Waals surface area contributed by atoms with Crippen molar-refractivity contribution in [3.8, 4) is 17.1 Å². The molecule has 3 aliphatic heterocycles. The van der Waals surface area contributed by atoms with Crippen LogP contribution in [0.5, 0.6) is 5.88 Å². The maximum absolute atomic E-state index is 14.5. The third-order valence-corrected chi connectivity index (χ3v) is 8.06. The number of pyridine rings is 2. The molecule has 0 bridgehead atoms. The second-order valence-corrected chi connectivity index (χ2v) is 11.1. The number of amides is 2. The Hall–Kier alpha value is -4.78. The van der Waals surface area contributed by atoms with Crippen molar-refractivity contribution in [3.05, 3.63) is 65.7 Å². The molecule has 0 spiro atoms. The van der Waals surface area contributed by atoms with Crippen molar-refractivity contribution in [3.63, 3.8) is 0 Å². The summed E-state index contributed by atoms with van der Waals surface area (Å²) in [6.45, 7) is 5.15. The zero-order chi connectivity index (χ0) is 31.9. The SMILES string of the molecule is CCOc1ncccc1-c1ccc(N2CCC(OC(=O)N3CCc4cccc(F)c43)C2)c(C(=O)N[C@@H]2CCN(C)C2)n1.O=CO. The molecule has 45 heavy (non-hydrogen) atoms. The van der Waals surface area contributed by atoms with Crippen LogP contribution in [0.1, 0.15) is 35.8 Å². The van der Waals surface area contributed by atoms with Gasteiger partial charge < -0.3 is 29.7 Å². The minimum Gasteiger partial charge on any atom is -0.483 e. The second-order valence-electron chi connectivity index (χ2n) is 11.1. The van der Waals surface area contributed by atoms with Gasteiger partial charge in [0.1, 0.15) is 11.9 Å². The number of para-hydroxylation sites is 1. The number of aromatic nitrogens is 2. The summed E-state index contributed by atoms with van der Waals surface area (Å²) in [6, 6.07) is 12.3. The van der Waals surface area contributed by atoms with Crippen LogP contribution in [0.2, 0.25) is 0 Å². The van der Waals surface area contributed by atoms with Gasteiger partial charge in [-0.1, -0.05) is 12.1 Å². The predicted octanol–water partition coefficient (Wildman–Crippen LogP) is 3.59. The van der Waals surface area contributed by atoms with E-state index in [0.29, 0.717) is 73.3 Å². The maximum Gasteiger partial charge on any atom is 0.414 e. The first-order valence-corrected chi connectivity index (χ1v) is 15.0. The van der Waals surface area contributed by atoms with Gasteiger partial charge in [0.05, 0.1) is 35.8 Å². The number of carbonyl (C=O) groups excluding carboxylic acids is 2. The highest BCUT2D eigenvalue weighted by atomic mass is 19.1. The standard InChI is InChI=1S/C31H35FN6O4.CH2O2/c1-3-41-30-23(7-5-14-33-30)25-9-10-26(27(35-25)29(39)34-21-12-15-36(2)18-21)37-16-13-22(19-37)42-31(40)38-17-11-20-6-4-8-24(32)28(20)38;2-1-3/h4-10,14,21-22H,3,11-13,15-19H2,1-2H3,(H,34,39);1H,(H,2,3)/t21-,22?;/m1./s1. The molecule has 238 valence electrons. The molecule has 2 amide bonds. The van der Waals surface area contributed by atoms with E-state index in [2.05, 4.69) is 15.2 Å². The van der Waals surface area contributed by atoms with Crippen molar-refractivity contribution in [1.82, 2.24) is 20.2 Å². The molecule has 6 rings (SSSR count). The van der Waals surface area contributed by atoms with Crippen LogP contribution >= 0.6 is 0 Å². The van der Waals surface area contributed by atoms with Crippen molar-refractivity contribution in [1.29, 1.82) is 0 Å². The fourth-order valence-electron chi connectivity index (χ4n) is 6.01. The Kier molecular flexibility index (Phi) is 10.1. The highest BCUT2D eigenvalue weighted by Crippen LogP contribution is 2.34. The quantitative estimate of drug-likeness (QED) is 0.377. The van der Waals surface area contributed by atoms with Crippen LogP contribution in [0.3, 0.4) is 0 Å². The summed E-state index contributed by atoms with van der Waals surface area (Å²) < 4.78 is 26.1. The van der Waals surface area contributed by atoms with Crippen molar-refractivity contribution < 1.29 is 33.4 Å². The predicted molar refractivity (Wildman–Crippen MR) is 165 cm³/mol. The van der Waals surface area contributed by atoms with Crippen LogP contribution < -0.4 is 19.9 Å². The average Bonchev–Trinajstić information content (AvgIpc) is 3.78. The molecule has 3 aliphatic rings. The molecule has 0 saturated carbocycles. The van der Waals surface area contributed by atoms with Crippen LogP contribution in [0, 0.1) is 5.82 Å². The monoisotopic (exact) mass is 620 g/mol. The lowest BCUT2D eigenvalue weighted by Gasteiger charge is -2.24. The largest absolute Gasteiger partial charge is 0.483 e. The van der Waals surface area contributed by atoms with Crippen molar-refractivity contribution >= 4 is 29.8 Å². The lowest BCUT2D eigenvalue weighted by Crippen LogP contribution is -2.38. The molecule has 2 aromatic heterocycles. The third kappa shape index (κ3) is 7.14. The Morgan fingerprint density at radius 1 is 1.11 bits per heavy atom. The van der Waals surface area contributed by atoms with E-state index in [1.54, 1.807) is 12.3 Å². The van der Waals surface area contributed by atoms with E-state index in [1.807, 2.05) is 49.2 Å². The molecule has 2 N–H and O–H groups in total. The van der Waals surface area contributed by atoms with Gasteiger partial charge in [-0.2, -0.15) is 0 Å². The van der Waals surface area contributed by atoms with Crippen molar-refractivity contribution in [2.24, 2.45) is 0 Å². The lowest BCUT2D eigenvalue weighted by atomic mass is 10.1. The molecule has 13 heteroatoms. The molecule has 2 fully saturated rings. The van der Waals surface area contributed by atoms with Crippen LogP contribution in [0.25, 0.3) is 11.3 Å². The Morgan fingerprint density at radius 2 is 1.93 bits per heavy atom. The number of anilines is 2. The average molecular weight is 621 g/mol. The Morgan fingerprint density at radius 3 is 2.69 bits per heavy atom. The van der Waals surface area contributed by atoms with Gasteiger partial charge >= 0.3 is 6.09 Å². The van der Waals surface area contributed by atoms with E-state index in [1.165, 1.54) is 11.0 Å². The van der Waals surface area contributed by atoms with Crippen LogP contribution in [-0.4, -0.2) is 97.0 Å². The van der Waals surface area contributed by atoms with Gasteiger partial charge in [-0.25, -0.2) is 19.2 Å². The van der Waals surface area contributed by atoms with Crippen LogP contribution in [0.4, 0.5) is 20.6 Å².